The zero-order valence-corrected chi connectivity index (χ0v) is 19.5. The standard InChI is InChI=1S/C25H23NO6S/c1-16-19-12-8-9-13-20(19)26(33(28,29)18-10-6-5-7-11-18)23(16)24(27)17-14-21(30-2)25(32-4)22(15-17)31-3/h5-15H,1-4H3. The lowest BCUT2D eigenvalue weighted by Crippen LogP contribution is -2.20. The fourth-order valence-corrected chi connectivity index (χ4v) is 5.52. The first-order valence-electron chi connectivity index (χ1n) is 10.1. The van der Waals surface area contributed by atoms with Gasteiger partial charge in [-0.3, -0.25) is 4.79 Å². The van der Waals surface area contributed by atoms with Gasteiger partial charge in [0.2, 0.25) is 11.5 Å². The third kappa shape index (κ3) is 3.62. The highest BCUT2D eigenvalue weighted by atomic mass is 32.2. The van der Waals surface area contributed by atoms with Crippen LogP contribution in [0.2, 0.25) is 0 Å². The van der Waals surface area contributed by atoms with Crippen LogP contribution >= 0.6 is 0 Å². The second-order valence-electron chi connectivity index (χ2n) is 7.32. The molecule has 0 aliphatic carbocycles. The Morgan fingerprint density at radius 1 is 0.818 bits per heavy atom. The summed E-state index contributed by atoms with van der Waals surface area (Å²) >= 11 is 0. The first-order valence-corrected chi connectivity index (χ1v) is 11.5. The van der Waals surface area contributed by atoms with Gasteiger partial charge in [-0.15, -0.1) is 0 Å². The molecule has 0 radical (unpaired) electrons. The number of nitrogens with zero attached hydrogens (tertiary/aromatic N) is 1. The fourth-order valence-electron chi connectivity index (χ4n) is 3.93. The molecule has 170 valence electrons. The maximum absolute atomic E-state index is 13.8. The van der Waals surface area contributed by atoms with E-state index < -0.39 is 15.8 Å². The molecule has 8 heteroatoms. The minimum atomic E-state index is -4.06. The molecular formula is C25H23NO6S. The van der Waals surface area contributed by atoms with Gasteiger partial charge in [-0.25, -0.2) is 12.4 Å². The predicted octanol–water partition coefficient (Wildman–Crippen LogP) is 4.44. The fraction of sp³-hybridized carbons (Fsp3) is 0.160. The molecule has 3 aromatic carbocycles. The molecule has 0 amide bonds. The van der Waals surface area contributed by atoms with Crippen LogP contribution in [-0.2, 0) is 10.0 Å². The third-order valence-corrected chi connectivity index (χ3v) is 7.24. The van der Waals surface area contributed by atoms with Crippen molar-refractivity contribution in [1.82, 2.24) is 3.97 Å². The van der Waals surface area contributed by atoms with Crippen molar-refractivity contribution in [3.05, 3.63) is 83.6 Å². The number of aromatic nitrogens is 1. The zero-order valence-electron chi connectivity index (χ0n) is 18.7. The van der Waals surface area contributed by atoms with Crippen LogP contribution in [0.4, 0.5) is 0 Å². The molecule has 0 spiro atoms. The van der Waals surface area contributed by atoms with Gasteiger partial charge in [0, 0.05) is 10.9 Å². The SMILES string of the molecule is COc1cc(C(=O)c2c(C)c3ccccc3n2S(=O)(=O)c2ccccc2)cc(OC)c1OC. The van der Waals surface area contributed by atoms with E-state index in [2.05, 4.69) is 0 Å². The van der Waals surface area contributed by atoms with Crippen LogP contribution < -0.4 is 14.2 Å². The molecule has 1 aromatic heterocycles. The predicted molar refractivity (Wildman–Crippen MR) is 125 cm³/mol. The summed E-state index contributed by atoms with van der Waals surface area (Å²) in [5.41, 5.74) is 1.24. The average Bonchev–Trinajstić information content (AvgIpc) is 3.16. The Balaban J connectivity index is 2.03. The minimum Gasteiger partial charge on any atom is -0.493 e. The van der Waals surface area contributed by atoms with Gasteiger partial charge in [-0.2, -0.15) is 0 Å². The van der Waals surface area contributed by atoms with Gasteiger partial charge in [-0.1, -0.05) is 36.4 Å². The lowest BCUT2D eigenvalue weighted by atomic mass is 10.0. The van der Waals surface area contributed by atoms with Crippen molar-refractivity contribution < 1.29 is 27.4 Å². The number of fused-ring (bicyclic) bond motifs is 1. The number of carbonyl (C=O) groups is 1. The van der Waals surface area contributed by atoms with Crippen LogP contribution in [0.3, 0.4) is 0 Å². The van der Waals surface area contributed by atoms with Crippen LogP contribution in [0.25, 0.3) is 10.9 Å². The number of benzene rings is 3. The Morgan fingerprint density at radius 3 is 1.97 bits per heavy atom. The van der Waals surface area contributed by atoms with Crippen molar-refractivity contribution in [2.75, 3.05) is 21.3 Å². The van der Waals surface area contributed by atoms with E-state index in [9.17, 15) is 13.2 Å². The monoisotopic (exact) mass is 465 g/mol. The number of rotatable bonds is 7. The second-order valence-corrected chi connectivity index (χ2v) is 9.10. The van der Waals surface area contributed by atoms with E-state index in [1.54, 1.807) is 43.3 Å². The number of hydrogen-bond acceptors (Lipinski definition) is 6. The molecule has 7 nitrogen and oxygen atoms in total. The van der Waals surface area contributed by atoms with Crippen molar-refractivity contribution in [1.29, 1.82) is 0 Å². The number of carbonyl (C=O) groups excluding carboxylic acids is 1. The highest BCUT2D eigenvalue weighted by molar-refractivity contribution is 7.90. The molecule has 1 heterocycles. The molecule has 0 fully saturated rings. The summed E-state index contributed by atoms with van der Waals surface area (Å²) in [5.74, 6) is 0.450. The summed E-state index contributed by atoms with van der Waals surface area (Å²) in [5, 5.41) is 0.674. The molecule has 0 saturated carbocycles. The van der Waals surface area contributed by atoms with E-state index in [1.807, 2.05) is 6.07 Å². The average molecular weight is 466 g/mol. The quantitative estimate of drug-likeness (QED) is 0.375. The van der Waals surface area contributed by atoms with Gasteiger partial charge < -0.3 is 14.2 Å². The lowest BCUT2D eigenvalue weighted by molar-refractivity contribution is 0.103. The molecule has 0 aliphatic heterocycles. The molecule has 0 N–H and O–H groups in total. The number of hydrogen-bond donors (Lipinski definition) is 0. The van der Waals surface area contributed by atoms with Crippen molar-refractivity contribution >= 4 is 26.7 Å². The Morgan fingerprint density at radius 2 is 1.39 bits per heavy atom. The lowest BCUT2D eigenvalue weighted by Gasteiger charge is -2.15. The molecule has 0 atom stereocenters. The minimum absolute atomic E-state index is 0.0503. The van der Waals surface area contributed by atoms with E-state index >= 15 is 0 Å². The van der Waals surface area contributed by atoms with E-state index in [1.165, 1.54) is 45.6 Å². The molecule has 33 heavy (non-hydrogen) atoms. The maximum Gasteiger partial charge on any atom is 0.268 e. The van der Waals surface area contributed by atoms with Crippen molar-refractivity contribution in [2.24, 2.45) is 0 Å². The zero-order chi connectivity index (χ0) is 23.8. The van der Waals surface area contributed by atoms with Crippen molar-refractivity contribution in [2.45, 2.75) is 11.8 Å². The highest BCUT2D eigenvalue weighted by Gasteiger charge is 2.30. The van der Waals surface area contributed by atoms with Crippen LogP contribution in [0, 0.1) is 6.92 Å². The first-order chi connectivity index (χ1) is 15.8. The molecular weight excluding hydrogens is 442 g/mol. The number of aryl methyl sites for hydroxylation is 1. The topological polar surface area (TPSA) is 83.8 Å². The van der Waals surface area contributed by atoms with E-state index in [4.69, 9.17) is 14.2 Å². The molecule has 0 aliphatic rings. The van der Waals surface area contributed by atoms with Crippen LogP contribution in [0.1, 0.15) is 21.6 Å². The van der Waals surface area contributed by atoms with Gasteiger partial charge in [0.15, 0.2) is 11.5 Å². The van der Waals surface area contributed by atoms with Gasteiger partial charge in [-0.05, 0) is 42.8 Å². The highest BCUT2D eigenvalue weighted by Crippen LogP contribution is 2.40. The van der Waals surface area contributed by atoms with E-state index in [0.29, 0.717) is 33.7 Å². The number of ketones is 1. The summed E-state index contributed by atoms with van der Waals surface area (Å²) in [4.78, 5) is 13.9. The first kappa shape index (κ1) is 22.4. The van der Waals surface area contributed by atoms with Gasteiger partial charge in [0.25, 0.3) is 10.0 Å². The number of methoxy groups -OCH3 is 3. The number of para-hydroxylation sites is 1. The normalized spacial score (nSPS) is 11.4. The molecule has 0 saturated heterocycles. The Hall–Kier alpha value is -3.78. The van der Waals surface area contributed by atoms with E-state index in [0.717, 1.165) is 3.97 Å². The van der Waals surface area contributed by atoms with Crippen LogP contribution in [-0.4, -0.2) is 39.5 Å². The number of ether oxygens (including phenoxy) is 3. The van der Waals surface area contributed by atoms with Gasteiger partial charge >= 0.3 is 0 Å². The maximum atomic E-state index is 13.8. The van der Waals surface area contributed by atoms with Gasteiger partial charge in [0.05, 0.1) is 31.7 Å². The molecule has 0 bridgehead atoms. The van der Waals surface area contributed by atoms with E-state index in [-0.39, 0.29) is 16.2 Å². The Bertz CT molecular complexity index is 1430. The van der Waals surface area contributed by atoms with Crippen LogP contribution in [0.5, 0.6) is 17.2 Å². The summed E-state index contributed by atoms with van der Waals surface area (Å²) in [7, 11) is 0.309. The summed E-state index contributed by atoms with van der Waals surface area (Å²) in [6.45, 7) is 1.74. The summed E-state index contributed by atoms with van der Waals surface area (Å²) in [6, 6.07) is 18.1. The summed E-state index contributed by atoms with van der Waals surface area (Å²) in [6.07, 6.45) is 0. The Labute approximate surface area is 192 Å². The largest absolute Gasteiger partial charge is 0.493 e. The third-order valence-electron chi connectivity index (χ3n) is 5.51. The van der Waals surface area contributed by atoms with Crippen molar-refractivity contribution in [3.8, 4) is 17.2 Å². The Kier molecular flexibility index (Phi) is 5.86. The molecule has 4 rings (SSSR count). The smallest absolute Gasteiger partial charge is 0.268 e. The van der Waals surface area contributed by atoms with Gasteiger partial charge in [0.1, 0.15) is 5.69 Å². The summed E-state index contributed by atoms with van der Waals surface area (Å²) < 4.78 is 44.6. The molecule has 4 aromatic rings. The second kappa shape index (κ2) is 8.63. The van der Waals surface area contributed by atoms with Crippen LogP contribution in [0.15, 0.2) is 71.6 Å². The van der Waals surface area contributed by atoms with Crippen molar-refractivity contribution in [3.63, 3.8) is 0 Å². The molecule has 0 unspecified atom stereocenters.